The van der Waals surface area contributed by atoms with E-state index in [2.05, 4.69) is 43.4 Å². The van der Waals surface area contributed by atoms with Gasteiger partial charge in [0.15, 0.2) is 0 Å². The molecule has 0 saturated carbocycles. The van der Waals surface area contributed by atoms with E-state index in [9.17, 15) is 0 Å². The van der Waals surface area contributed by atoms with E-state index in [0.29, 0.717) is 6.04 Å². The number of hydrogen-bond acceptors (Lipinski definition) is 2. The fourth-order valence-corrected chi connectivity index (χ4v) is 2.89. The van der Waals surface area contributed by atoms with Crippen molar-refractivity contribution < 1.29 is 4.74 Å². The van der Waals surface area contributed by atoms with Crippen molar-refractivity contribution >= 4 is 11.6 Å². The molecule has 1 aliphatic heterocycles. The molecule has 1 unspecified atom stereocenters. The van der Waals surface area contributed by atoms with E-state index in [1.807, 2.05) is 12.1 Å². The van der Waals surface area contributed by atoms with Crippen LogP contribution >= 0.6 is 11.6 Å². The summed E-state index contributed by atoms with van der Waals surface area (Å²) in [5, 5.41) is 4.42. The molecule has 1 atom stereocenters. The highest BCUT2D eigenvalue weighted by atomic mass is 35.5. The zero-order valence-electron chi connectivity index (χ0n) is 12.4. The summed E-state index contributed by atoms with van der Waals surface area (Å²) in [4.78, 5) is 0. The lowest BCUT2D eigenvalue weighted by Gasteiger charge is -2.28. The minimum absolute atomic E-state index is 0.351. The average molecular weight is 302 g/mol. The van der Waals surface area contributed by atoms with Crippen LogP contribution in [0.2, 0.25) is 5.02 Å². The molecule has 0 spiro atoms. The number of fused-ring (bicyclic) bond motifs is 1. The number of halogens is 1. The molecule has 0 aliphatic carbocycles. The van der Waals surface area contributed by atoms with Gasteiger partial charge in [0.2, 0.25) is 0 Å². The van der Waals surface area contributed by atoms with Gasteiger partial charge in [-0.3, -0.25) is 0 Å². The van der Waals surface area contributed by atoms with Crippen molar-refractivity contribution in [1.29, 1.82) is 0 Å². The number of hydrogen-bond donors (Lipinski definition) is 1. The fourth-order valence-electron chi connectivity index (χ4n) is 2.77. The molecule has 1 heterocycles. The van der Waals surface area contributed by atoms with Gasteiger partial charge >= 0.3 is 0 Å². The minimum atomic E-state index is 0.351. The third-order valence-corrected chi connectivity index (χ3v) is 4.45. The first-order valence-electron chi connectivity index (χ1n) is 7.36. The fraction of sp³-hybridized carbons (Fsp3) is 0.333. The van der Waals surface area contributed by atoms with E-state index in [4.69, 9.17) is 16.3 Å². The molecule has 3 heteroatoms. The number of benzene rings is 2. The van der Waals surface area contributed by atoms with E-state index >= 15 is 0 Å². The summed E-state index contributed by atoms with van der Waals surface area (Å²) < 4.78 is 5.88. The predicted octanol–water partition coefficient (Wildman–Crippen LogP) is 4.57. The first kappa shape index (κ1) is 14.4. The van der Waals surface area contributed by atoms with Crippen molar-refractivity contribution in [2.45, 2.75) is 32.9 Å². The van der Waals surface area contributed by atoms with Crippen LogP contribution in [-0.2, 0) is 6.54 Å². The Morgan fingerprint density at radius 2 is 1.90 bits per heavy atom. The van der Waals surface area contributed by atoms with Crippen molar-refractivity contribution in [2.75, 3.05) is 6.61 Å². The van der Waals surface area contributed by atoms with E-state index in [1.54, 1.807) is 0 Å². The molecular formula is C18H20ClNO. The Bertz CT molecular complexity index is 636. The Hall–Kier alpha value is -1.51. The van der Waals surface area contributed by atoms with Gasteiger partial charge < -0.3 is 10.1 Å². The summed E-state index contributed by atoms with van der Waals surface area (Å²) in [5.74, 6) is 1.06. The van der Waals surface area contributed by atoms with Gasteiger partial charge in [-0.15, -0.1) is 0 Å². The van der Waals surface area contributed by atoms with Gasteiger partial charge in [0.05, 0.1) is 6.61 Å². The summed E-state index contributed by atoms with van der Waals surface area (Å²) in [6, 6.07) is 12.7. The maximum absolute atomic E-state index is 5.92. The summed E-state index contributed by atoms with van der Waals surface area (Å²) in [6.07, 6.45) is 1.00. The van der Waals surface area contributed by atoms with Crippen molar-refractivity contribution in [3.8, 4) is 5.75 Å². The quantitative estimate of drug-likeness (QED) is 0.896. The zero-order chi connectivity index (χ0) is 14.8. The predicted molar refractivity (Wildman–Crippen MR) is 87.1 cm³/mol. The molecule has 0 aromatic heterocycles. The molecule has 1 aliphatic rings. The van der Waals surface area contributed by atoms with E-state index < -0.39 is 0 Å². The van der Waals surface area contributed by atoms with Gasteiger partial charge in [0, 0.05) is 29.6 Å². The molecule has 0 amide bonds. The summed E-state index contributed by atoms with van der Waals surface area (Å²) in [6.45, 7) is 5.88. The molecule has 1 N–H and O–H groups in total. The van der Waals surface area contributed by atoms with Crippen LogP contribution < -0.4 is 10.1 Å². The number of ether oxygens (including phenoxy) is 1. The standard InChI is InChI=1S/C18H20ClNO/c1-12-3-8-16-17(9-10-21-18(16)13(12)2)20-11-14-4-6-15(19)7-5-14/h3-8,17,20H,9-11H2,1-2H3. The molecule has 0 radical (unpaired) electrons. The Kier molecular flexibility index (Phi) is 4.18. The summed E-state index contributed by atoms with van der Waals surface area (Å²) in [7, 11) is 0. The Morgan fingerprint density at radius 3 is 2.67 bits per heavy atom. The van der Waals surface area contributed by atoms with Crippen molar-refractivity contribution in [1.82, 2.24) is 5.32 Å². The third kappa shape index (κ3) is 3.07. The second-order valence-electron chi connectivity index (χ2n) is 5.62. The largest absolute Gasteiger partial charge is 0.493 e. The van der Waals surface area contributed by atoms with Gasteiger partial charge in [0.25, 0.3) is 0 Å². The summed E-state index contributed by atoms with van der Waals surface area (Å²) in [5.41, 5.74) is 5.06. The zero-order valence-corrected chi connectivity index (χ0v) is 13.2. The molecule has 110 valence electrons. The molecule has 0 bridgehead atoms. The number of aryl methyl sites for hydroxylation is 1. The van der Waals surface area contributed by atoms with Gasteiger partial charge in [-0.05, 0) is 42.7 Å². The highest BCUT2D eigenvalue weighted by molar-refractivity contribution is 6.30. The van der Waals surface area contributed by atoms with Crippen molar-refractivity contribution in [2.24, 2.45) is 0 Å². The molecule has 0 saturated heterocycles. The molecular weight excluding hydrogens is 282 g/mol. The normalized spacial score (nSPS) is 17.2. The summed E-state index contributed by atoms with van der Waals surface area (Å²) >= 11 is 5.92. The highest BCUT2D eigenvalue weighted by Crippen LogP contribution is 2.36. The van der Waals surface area contributed by atoms with E-state index in [1.165, 1.54) is 22.3 Å². The van der Waals surface area contributed by atoms with Crippen LogP contribution in [0.3, 0.4) is 0 Å². The van der Waals surface area contributed by atoms with Gasteiger partial charge in [0.1, 0.15) is 5.75 Å². The highest BCUT2D eigenvalue weighted by Gasteiger charge is 2.22. The van der Waals surface area contributed by atoms with Crippen LogP contribution in [0.5, 0.6) is 5.75 Å². The van der Waals surface area contributed by atoms with Crippen LogP contribution in [-0.4, -0.2) is 6.61 Å². The average Bonchev–Trinajstić information content (AvgIpc) is 2.50. The van der Waals surface area contributed by atoms with Gasteiger partial charge in [-0.25, -0.2) is 0 Å². The topological polar surface area (TPSA) is 21.3 Å². The lowest BCUT2D eigenvalue weighted by atomic mass is 9.95. The molecule has 3 rings (SSSR count). The van der Waals surface area contributed by atoms with Gasteiger partial charge in [-0.2, -0.15) is 0 Å². The van der Waals surface area contributed by atoms with Crippen LogP contribution in [0.25, 0.3) is 0 Å². The van der Waals surface area contributed by atoms with Gasteiger partial charge in [-0.1, -0.05) is 35.9 Å². The van der Waals surface area contributed by atoms with E-state index in [-0.39, 0.29) is 0 Å². The third-order valence-electron chi connectivity index (χ3n) is 4.20. The molecule has 21 heavy (non-hydrogen) atoms. The maximum atomic E-state index is 5.92. The second kappa shape index (κ2) is 6.08. The lowest BCUT2D eigenvalue weighted by Crippen LogP contribution is -2.27. The Labute approximate surface area is 131 Å². The Morgan fingerprint density at radius 1 is 1.14 bits per heavy atom. The van der Waals surface area contributed by atoms with Crippen LogP contribution in [0, 0.1) is 13.8 Å². The van der Waals surface area contributed by atoms with Crippen LogP contribution in [0.15, 0.2) is 36.4 Å². The molecule has 2 nitrogen and oxygen atoms in total. The molecule has 2 aromatic carbocycles. The number of rotatable bonds is 3. The molecule has 0 fully saturated rings. The Balaban J connectivity index is 1.76. The molecule has 2 aromatic rings. The second-order valence-corrected chi connectivity index (χ2v) is 6.06. The van der Waals surface area contributed by atoms with Crippen molar-refractivity contribution in [3.05, 3.63) is 63.7 Å². The van der Waals surface area contributed by atoms with Crippen LogP contribution in [0.1, 0.15) is 34.7 Å². The first-order valence-corrected chi connectivity index (χ1v) is 7.73. The lowest BCUT2D eigenvalue weighted by molar-refractivity contribution is 0.250. The van der Waals surface area contributed by atoms with E-state index in [0.717, 1.165) is 30.3 Å². The maximum Gasteiger partial charge on any atom is 0.127 e. The van der Waals surface area contributed by atoms with Crippen LogP contribution in [0.4, 0.5) is 0 Å². The number of nitrogens with one attached hydrogen (secondary N) is 1. The SMILES string of the molecule is Cc1ccc2c(c1C)OCCC2NCc1ccc(Cl)cc1. The monoisotopic (exact) mass is 301 g/mol. The minimum Gasteiger partial charge on any atom is -0.493 e. The first-order chi connectivity index (χ1) is 10.1. The smallest absolute Gasteiger partial charge is 0.127 e. The van der Waals surface area contributed by atoms with Crippen molar-refractivity contribution in [3.63, 3.8) is 0 Å².